The normalized spacial score (nSPS) is 22.1. The number of nitrogens with zero attached hydrogens (tertiary/aromatic N) is 2. The minimum absolute atomic E-state index is 0.0816. The summed E-state index contributed by atoms with van der Waals surface area (Å²) in [7, 11) is 1.66. The van der Waals surface area contributed by atoms with Crippen LogP contribution in [0.25, 0.3) is 17.0 Å². The van der Waals surface area contributed by atoms with Gasteiger partial charge in [0.2, 0.25) is 5.91 Å². The highest BCUT2D eigenvalue weighted by Crippen LogP contribution is 2.52. The van der Waals surface area contributed by atoms with Gasteiger partial charge in [-0.2, -0.15) is 0 Å². The van der Waals surface area contributed by atoms with Gasteiger partial charge < -0.3 is 15.0 Å². The lowest BCUT2D eigenvalue weighted by Crippen LogP contribution is -2.68. The van der Waals surface area contributed by atoms with E-state index in [1.54, 1.807) is 7.11 Å². The zero-order chi connectivity index (χ0) is 20.9. The summed E-state index contributed by atoms with van der Waals surface area (Å²) in [5, 5.41) is 4.34. The Morgan fingerprint density at radius 1 is 1.17 bits per heavy atom. The Bertz CT molecular complexity index is 1180. The monoisotopic (exact) mass is 399 g/mol. The first-order chi connectivity index (χ1) is 14.4. The number of amides is 1. The number of hydrogen-bond acceptors (Lipinski definition) is 4. The Morgan fingerprint density at radius 2 is 2.00 bits per heavy atom. The molecule has 152 valence electrons. The first-order valence-corrected chi connectivity index (χ1v) is 10.3. The molecule has 3 heterocycles. The summed E-state index contributed by atoms with van der Waals surface area (Å²) in [6.45, 7) is 5.10. The number of anilines is 1. The minimum Gasteiger partial charge on any atom is -0.497 e. The van der Waals surface area contributed by atoms with Crippen LogP contribution >= 0.6 is 0 Å². The molecule has 1 atom stereocenters. The van der Waals surface area contributed by atoms with Gasteiger partial charge in [0.05, 0.1) is 12.6 Å². The van der Waals surface area contributed by atoms with Crippen LogP contribution in [0.2, 0.25) is 0 Å². The molecule has 5 heteroatoms. The quantitative estimate of drug-likeness (QED) is 0.715. The average Bonchev–Trinajstić information content (AvgIpc) is 2.95. The fourth-order valence-corrected chi connectivity index (χ4v) is 4.88. The third-order valence-corrected chi connectivity index (χ3v) is 6.57. The Balaban J connectivity index is 1.60. The lowest BCUT2D eigenvalue weighted by molar-refractivity contribution is -0.124. The number of hydrogen-bond donors (Lipinski definition) is 1. The van der Waals surface area contributed by atoms with Crippen molar-refractivity contribution in [3.8, 4) is 5.75 Å². The highest BCUT2D eigenvalue weighted by atomic mass is 16.5. The van der Waals surface area contributed by atoms with Crippen LogP contribution in [-0.2, 0) is 10.2 Å². The fraction of sp³-hybridized carbons (Fsp3) is 0.280. The predicted octanol–water partition coefficient (Wildman–Crippen LogP) is 4.27. The molecular weight excluding hydrogens is 374 g/mol. The summed E-state index contributed by atoms with van der Waals surface area (Å²) in [5.74, 6) is 0.889. The van der Waals surface area contributed by atoms with E-state index in [4.69, 9.17) is 4.74 Å². The molecule has 3 aromatic rings. The van der Waals surface area contributed by atoms with Crippen LogP contribution in [-0.4, -0.2) is 30.2 Å². The van der Waals surface area contributed by atoms with Crippen LogP contribution in [0.3, 0.4) is 0 Å². The van der Waals surface area contributed by atoms with E-state index in [0.717, 1.165) is 22.2 Å². The van der Waals surface area contributed by atoms with Crippen LogP contribution in [0.5, 0.6) is 5.75 Å². The van der Waals surface area contributed by atoms with E-state index in [1.165, 1.54) is 11.3 Å². The average molecular weight is 399 g/mol. The van der Waals surface area contributed by atoms with Gasteiger partial charge in [0, 0.05) is 35.7 Å². The number of fused-ring (bicyclic) bond motifs is 4. The van der Waals surface area contributed by atoms with E-state index >= 15 is 0 Å². The van der Waals surface area contributed by atoms with Crippen molar-refractivity contribution in [1.82, 2.24) is 10.3 Å². The summed E-state index contributed by atoms with van der Waals surface area (Å²) in [6, 6.07) is 16.4. The predicted molar refractivity (Wildman–Crippen MR) is 120 cm³/mol. The zero-order valence-corrected chi connectivity index (χ0v) is 17.5. The maximum Gasteiger partial charge on any atom is 0.223 e. The van der Waals surface area contributed by atoms with Crippen molar-refractivity contribution < 1.29 is 9.53 Å². The SMILES string of the molecule is COc1ccc2ncc(/C=C/[C@@]34NC(=O)CCN3c3ccccc3C4(C)C)cc2c1. The lowest BCUT2D eigenvalue weighted by Gasteiger charge is -2.49. The third kappa shape index (κ3) is 2.61. The molecule has 1 N–H and O–H groups in total. The van der Waals surface area contributed by atoms with Crippen molar-refractivity contribution in [2.75, 3.05) is 18.6 Å². The van der Waals surface area contributed by atoms with Gasteiger partial charge in [0.1, 0.15) is 11.4 Å². The summed E-state index contributed by atoms with van der Waals surface area (Å²) >= 11 is 0. The maximum atomic E-state index is 12.5. The topological polar surface area (TPSA) is 54.5 Å². The molecule has 0 radical (unpaired) electrons. The van der Waals surface area contributed by atoms with Gasteiger partial charge in [-0.1, -0.05) is 38.1 Å². The van der Waals surface area contributed by atoms with E-state index in [0.29, 0.717) is 13.0 Å². The summed E-state index contributed by atoms with van der Waals surface area (Å²) in [4.78, 5) is 19.4. The second kappa shape index (κ2) is 6.59. The van der Waals surface area contributed by atoms with E-state index in [9.17, 15) is 4.79 Å². The number of carbonyl (C=O) groups excluding carboxylic acids is 1. The van der Waals surface area contributed by atoms with Crippen LogP contribution in [0.15, 0.2) is 60.8 Å². The second-order valence-electron chi connectivity index (χ2n) is 8.52. The molecule has 0 saturated carbocycles. The van der Waals surface area contributed by atoms with Crippen molar-refractivity contribution in [3.63, 3.8) is 0 Å². The molecule has 1 amide bonds. The summed E-state index contributed by atoms with van der Waals surface area (Å²) < 4.78 is 5.35. The molecule has 1 saturated heterocycles. The molecule has 30 heavy (non-hydrogen) atoms. The van der Waals surface area contributed by atoms with E-state index < -0.39 is 5.66 Å². The molecule has 0 spiro atoms. The van der Waals surface area contributed by atoms with Crippen molar-refractivity contribution in [2.24, 2.45) is 0 Å². The highest BCUT2D eigenvalue weighted by molar-refractivity contribution is 5.85. The molecule has 5 nitrogen and oxygen atoms in total. The Morgan fingerprint density at radius 3 is 2.83 bits per heavy atom. The van der Waals surface area contributed by atoms with Gasteiger partial charge in [-0.25, -0.2) is 0 Å². The number of benzene rings is 2. The summed E-state index contributed by atoms with van der Waals surface area (Å²) in [5.41, 5.74) is 3.44. The van der Waals surface area contributed by atoms with Gasteiger partial charge in [-0.3, -0.25) is 9.78 Å². The van der Waals surface area contributed by atoms with Crippen molar-refractivity contribution >= 4 is 28.6 Å². The number of methoxy groups -OCH3 is 1. The van der Waals surface area contributed by atoms with Crippen LogP contribution in [0.4, 0.5) is 5.69 Å². The molecule has 5 rings (SSSR count). The largest absolute Gasteiger partial charge is 0.497 e. The van der Waals surface area contributed by atoms with Gasteiger partial charge in [0.15, 0.2) is 0 Å². The van der Waals surface area contributed by atoms with E-state index in [1.807, 2.05) is 24.4 Å². The molecule has 0 aliphatic carbocycles. The van der Waals surface area contributed by atoms with Crippen LogP contribution in [0, 0.1) is 0 Å². The molecule has 0 unspecified atom stereocenters. The standard InChI is InChI=1S/C25H25N3O2/c1-24(2)20-6-4-5-7-22(20)28-13-11-23(29)27-25(24,28)12-10-17-14-18-15-19(30-3)8-9-21(18)26-16-17/h4-10,12,14-16H,11,13H2,1-3H3,(H,27,29)/b12-10+/t25-/m1/s1. The first-order valence-electron chi connectivity index (χ1n) is 10.3. The number of carbonyl (C=O) groups is 1. The molecule has 0 bridgehead atoms. The van der Waals surface area contributed by atoms with Crippen molar-refractivity contribution in [2.45, 2.75) is 31.3 Å². The Labute approximate surface area is 176 Å². The number of rotatable bonds is 3. The highest BCUT2D eigenvalue weighted by Gasteiger charge is 2.57. The van der Waals surface area contributed by atoms with Gasteiger partial charge in [0.25, 0.3) is 0 Å². The number of nitrogens with one attached hydrogen (secondary N) is 1. The minimum atomic E-state index is -0.616. The van der Waals surface area contributed by atoms with Crippen LogP contribution in [0.1, 0.15) is 31.4 Å². The summed E-state index contributed by atoms with van der Waals surface area (Å²) in [6.07, 6.45) is 6.56. The lowest BCUT2D eigenvalue weighted by atomic mass is 9.74. The molecule has 2 aliphatic heterocycles. The third-order valence-electron chi connectivity index (χ3n) is 6.57. The van der Waals surface area contributed by atoms with Gasteiger partial charge >= 0.3 is 0 Å². The Kier molecular flexibility index (Phi) is 4.10. The number of ether oxygens (including phenoxy) is 1. The van der Waals surface area contributed by atoms with Crippen molar-refractivity contribution in [3.05, 3.63) is 71.9 Å². The fourth-order valence-electron chi connectivity index (χ4n) is 4.88. The van der Waals surface area contributed by atoms with Crippen LogP contribution < -0.4 is 15.0 Å². The smallest absolute Gasteiger partial charge is 0.223 e. The van der Waals surface area contributed by atoms with E-state index in [-0.39, 0.29) is 11.3 Å². The molecule has 2 aromatic carbocycles. The molecule has 2 aliphatic rings. The number of pyridine rings is 1. The molecule has 1 fully saturated rings. The molecule has 1 aromatic heterocycles. The number of aromatic nitrogens is 1. The molecular formula is C25H25N3O2. The van der Waals surface area contributed by atoms with Crippen molar-refractivity contribution in [1.29, 1.82) is 0 Å². The number of para-hydroxylation sites is 1. The van der Waals surface area contributed by atoms with E-state index in [2.05, 4.69) is 71.5 Å². The van der Waals surface area contributed by atoms with Gasteiger partial charge in [-0.15, -0.1) is 0 Å². The van der Waals surface area contributed by atoms with Gasteiger partial charge in [-0.05, 0) is 47.5 Å². The Hall–Kier alpha value is -3.34. The zero-order valence-electron chi connectivity index (χ0n) is 17.5. The first kappa shape index (κ1) is 18.7. The maximum absolute atomic E-state index is 12.5. The second-order valence-corrected chi connectivity index (χ2v) is 8.52.